The van der Waals surface area contributed by atoms with Gasteiger partial charge in [-0.25, -0.2) is 0 Å². The van der Waals surface area contributed by atoms with E-state index < -0.39 is 0 Å². The first kappa shape index (κ1) is 21.9. The summed E-state index contributed by atoms with van der Waals surface area (Å²) in [6.45, 7) is 1.17. The lowest BCUT2D eigenvalue weighted by Gasteiger charge is -2.17. The standard InChI is InChI=1S/C20H19Br2N3O3S/c21-13-9-15(22)17(19(27)23-11-14-7-4-8-28-14)16(10-13)24-20(29)25-18(26)12-5-2-1-3-6-12/h1-3,5-6,9-10,14H,4,7-8,11H2,(H,23,27)(H2,24,25,26,29). The van der Waals surface area contributed by atoms with Crippen LogP contribution in [0.4, 0.5) is 5.69 Å². The lowest BCUT2D eigenvalue weighted by molar-refractivity contribution is 0.0857. The van der Waals surface area contributed by atoms with Gasteiger partial charge in [0, 0.05) is 27.7 Å². The molecule has 0 aliphatic carbocycles. The molecule has 2 amide bonds. The summed E-state index contributed by atoms with van der Waals surface area (Å²) < 4.78 is 6.89. The summed E-state index contributed by atoms with van der Waals surface area (Å²) in [6.07, 6.45) is 1.98. The van der Waals surface area contributed by atoms with Crippen molar-refractivity contribution >= 4 is 66.7 Å². The Morgan fingerprint density at radius 3 is 2.59 bits per heavy atom. The van der Waals surface area contributed by atoms with Crippen LogP contribution in [0.1, 0.15) is 33.6 Å². The number of benzene rings is 2. The minimum atomic E-state index is -0.332. The summed E-state index contributed by atoms with van der Waals surface area (Å²) in [5, 5.41) is 8.57. The highest BCUT2D eigenvalue weighted by atomic mass is 79.9. The van der Waals surface area contributed by atoms with Gasteiger partial charge in [-0.2, -0.15) is 0 Å². The smallest absolute Gasteiger partial charge is 0.257 e. The van der Waals surface area contributed by atoms with Gasteiger partial charge in [0.05, 0.1) is 17.4 Å². The topological polar surface area (TPSA) is 79.5 Å². The van der Waals surface area contributed by atoms with E-state index in [4.69, 9.17) is 17.0 Å². The number of carbonyl (C=O) groups excluding carboxylic acids is 2. The molecule has 1 aliphatic heterocycles. The fourth-order valence-corrected chi connectivity index (χ4v) is 4.53. The lowest BCUT2D eigenvalue weighted by atomic mass is 10.1. The average molecular weight is 541 g/mol. The highest BCUT2D eigenvalue weighted by Crippen LogP contribution is 2.30. The molecular weight excluding hydrogens is 522 g/mol. The number of anilines is 1. The Morgan fingerprint density at radius 1 is 1.14 bits per heavy atom. The molecule has 3 rings (SSSR count). The maximum atomic E-state index is 12.8. The number of rotatable bonds is 5. The van der Waals surface area contributed by atoms with Crippen molar-refractivity contribution in [1.29, 1.82) is 0 Å². The van der Waals surface area contributed by atoms with Crippen LogP contribution < -0.4 is 16.0 Å². The lowest BCUT2D eigenvalue weighted by Crippen LogP contribution is -2.36. The second-order valence-corrected chi connectivity index (χ2v) is 8.61. The number of ether oxygens (including phenoxy) is 1. The molecule has 1 atom stereocenters. The maximum absolute atomic E-state index is 12.8. The molecule has 6 nitrogen and oxygen atoms in total. The predicted molar refractivity (Wildman–Crippen MR) is 123 cm³/mol. The van der Waals surface area contributed by atoms with E-state index in [0.717, 1.165) is 23.9 Å². The third kappa shape index (κ3) is 6.08. The van der Waals surface area contributed by atoms with Crippen LogP contribution in [-0.2, 0) is 4.74 Å². The molecule has 3 N–H and O–H groups in total. The number of carbonyl (C=O) groups is 2. The van der Waals surface area contributed by atoms with Crippen molar-refractivity contribution in [1.82, 2.24) is 10.6 Å². The summed E-state index contributed by atoms with van der Waals surface area (Å²) in [6, 6.07) is 12.3. The van der Waals surface area contributed by atoms with Gasteiger partial charge in [-0.15, -0.1) is 0 Å². The largest absolute Gasteiger partial charge is 0.376 e. The van der Waals surface area contributed by atoms with Gasteiger partial charge >= 0.3 is 0 Å². The van der Waals surface area contributed by atoms with Gasteiger partial charge in [-0.05, 0) is 65.3 Å². The van der Waals surface area contributed by atoms with Crippen molar-refractivity contribution in [2.75, 3.05) is 18.5 Å². The van der Waals surface area contributed by atoms with Crippen LogP contribution >= 0.6 is 44.1 Å². The quantitative estimate of drug-likeness (QED) is 0.494. The Bertz CT molecular complexity index is 919. The van der Waals surface area contributed by atoms with E-state index in [0.29, 0.717) is 27.8 Å². The van der Waals surface area contributed by atoms with E-state index in [1.807, 2.05) is 6.07 Å². The summed E-state index contributed by atoms with van der Waals surface area (Å²) >= 11 is 12.1. The third-order valence-corrected chi connectivity index (χ3v) is 5.59. The van der Waals surface area contributed by atoms with Crippen LogP contribution in [0, 0.1) is 0 Å². The SMILES string of the molecule is O=C(NC(=S)Nc1cc(Br)cc(Br)c1C(=O)NCC1CCCO1)c1ccccc1. The number of thiocarbonyl (C=S) groups is 1. The predicted octanol–water partition coefficient (Wildman–Crippen LogP) is 4.25. The van der Waals surface area contributed by atoms with Gasteiger partial charge in [0.2, 0.25) is 0 Å². The van der Waals surface area contributed by atoms with E-state index in [2.05, 4.69) is 47.8 Å². The Morgan fingerprint density at radius 2 is 1.90 bits per heavy atom. The third-order valence-electron chi connectivity index (χ3n) is 4.31. The number of nitrogens with one attached hydrogen (secondary N) is 3. The fourth-order valence-electron chi connectivity index (χ4n) is 2.92. The zero-order valence-corrected chi connectivity index (χ0v) is 19.3. The van der Waals surface area contributed by atoms with Gasteiger partial charge in [0.25, 0.3) is 11.8 Å². The van der Waals surface area contributed by atoms with Crippen LogP contribution in [0.25, 0.3) is 0 Å². The van der Waals surface area contributed by atoms with E-state index in [1.165, 1.54) is 0 Å². The molecular formula is C20H19Br2N3O3S. The van der Waals surface area contributed by atoms with E-state index in [1.54, 1.807) is 36.4 Å². The Kier molecular flexibility index (Phi) is 7.77. The van der Waals surface area contributed by atoms with E-state index in [-0.39, 0.29) is 23.0 Å². The second-order valence-electron chi connectivity index (χ2n) is 6.43. The van der Waals surface area contributed by atoms with E-state index >= 15 is 0 Å². The molecule has 0 aromatic heterocycles. The van der Waals surface area contributed by atoms with Crippen LogP contribution in [0.5, 0.6) is 0 Å². The molecule has 1 aliphatic rings. The molecule has 29 heavy (non-hydrogen) atoms. The number of halogens is 2. The first-order chi connectivity index (χ1) is 13.9. The molecule has 1 heterocycles. The van der Waals surface area contributed by atoms with Crippen LogP contribution in [-0.4, -0.2) is 36.2 Å². The van der Waals surface area contributed by atoms with Gasteiger partial charge in [0.15, 0.2) is 5.11 Å². The van der Waals surface area contributed by atoms with Crippen molar-refractivity contribution in [3.63, 3.8) is 0 Å². The van der Waals surface area contributed by atoms with Gasteiger partial charge in [0.1, 0.15) is 0 Å². The zero-order valence-electron chi connectivity index (χ0n) is 15.3. The highest BCUT2D eigenvalue weighted by Gasteiger charge is 2.21. The number of amides is 2. The van der Waals surface area contributed by atoms with Crippen LogP contribution in [0.15, 0.2) is 51.4 Å². The average Bonchev–Trinajstić information content (AvgIpc) is 3.20. The Labute approximate surface area is 191 Å². The summed E-state index contributed by atoms with van der Waals surface area (Å²) in [5.41, 5.74) is 1.35. The zero-order chi connectivity index (χ0) is 20.8. The number of hydrogen-bond donors (Lipinski definition) is 3. The normalized spacial score (nSPS) is 15.6. The molecule has 0 bridgehead atoms. The molecule has 0 spiro atoms. The molecule has 1 saturated heterocycles. The fraction of sp³-hybridized carbons (Fsp3) is 0.250. The number of hydrogen-bond acceptors (Lipinski definition) is 4. The first-order valence-corrected chi connectivity index (χ1v) is 11.0. The van der Waals surface area contributed by atoms with Gasteiger partial charge < -0.3 is 15.4 Å². The van der Waals surface area contributed by atoms with Crippen molar-refractivity contribution < 1.29 is 14.3 Å². The molecule has 1 unspecified atom stereocenters. The van der Waals surface area contributed by atoms with Gasteiger partial charge in [-0.3, -0.25) is 14.9 Å². The second kappa shape index (κ2) is 10.3. The van der Waals surface area contributed by atoms with E-state index in [9.17, 15) is 9.59 Å². The van der Waals surface area contributed by atoms with Crippen molar-refractivity contribution in [3.8, 4) is 0 Å². The minimum absolute atomic E-state index is 0.0378. The Balaban J connectivity index is 1.71. The van der Waals surface area contributed by atoms with Crippen molar-refractivity contribution in [3.05, 3.63) is 62.5 Å². The molecule has 0 saturated carbocycles. The Hall–Kier alpha value is -1.81. The van der Waals surface area contributed by atoms with Crippen molar-refractivity contribution in [2.24, 2.45) is 0 Å². The summed E-state index contributed by atoms with van der Waals surface area (Å²) in [4.78, 5) is 25.1. The van der Waals surface area contributed by atoms with Gasteiger partial charge in [-0.1, -0.05) is 34.1 Å². The maximum Gasteiger partial charge on any atom is 0.257 e. The van der Waals surface area contributed by atoms with Crippen LogP contribution in [0.3, 0.4) is 0 Å². The summed E-state index contributed by atoms with van der Waals surface area (Å²) in [5.74, 6) is -0.596. The minimum Gasteiger partial charge on any atom is -0.376 e. The molecule has 2 aromatic rings. The molecule has 0 radical (unpaired) electrons. The molecule has 1 fully saturated rings. The highest BCUT2D eigenvalue weighted by molar-refractivity contribution is 9.11. The van der Waals surface area contributed by atoms with Crippen LogP contribution in [0.2, 0.25) is 0 Å². The molecule has 152 valence electrons. The molecule has 2 aromatic carbocycles. The monoisotopic (exact) mass is 539 g/mol. The molecule has 9 heteroatoms. The summed E-state index contributed by atoms with van der Waals surface area (Å²) in [7, 11) is 0. The van der Waals surface area contributed by atoms with Crippen molar-refractivity contribution in [2.45, 2.75) is 18.9 Å². The first-order valence-electron chi connectivity index (χ1n) is 9.00.